The fraction of sp³-hybridized carbons (Fsp3) is 0.769. The van der Waals surface area contributed by atoms with E-state index in [1.807, 2.05) is 0 Å². The number of methoxy groups -OCH3 is 1. The van der Waals surface area contributed by atoms with E-state index in [1.54, 1.807) is 34.6 Å². The molecule has 0 heterocycles. The molecular formula is C13H24N2O5. The Hall–Kier alpha value is -1.79. The van der Waals surface area contributed by atoms with Crippen LogP contribution in [0, 0.1) is 5.92 Å². The molecule has 0 fully saturated rings. The number of esters is 1. The Kier molecular flexibility index (Phi) is 7.02. The first-order chi connectivity index (χ1) is 9.06. The summed E-state index contributed by atoms with van der Waals surface area (Å²) in [5, 5.41) is 4.89. The molecule has 0 rings (SSSR count). The predicted molar refractivity (Wildman–Crippen MR) is 73.0 cm³/mol. The Morgan fingerprint density at radius 1 is 1.15 bits per heavy atom. The van der Waals surface area contributed by atoms with E-state index >= 15 is 0 Å². The van der Waals surface area contributed by atoms with Gasteiger partial charge in [-0.1, -0.05) is 13.8 Å². The lowest BCUT2D eigenvalue weighted by atomic mass is 10.0. The molecular weight excluding hydrogens is 264 g/mol. The monoisotopic (exact) mass is 288 g/mol. The highest BCUT2D eigenvalue weighted by molar-refractivity contribution is 5.88. The molecule has 7 nitrogen and oxygen atoms in total. The molecule has 0 aromatic heterocycles. The third-order valence-electron chi connectivity index (χ3n) is 2.26. The molecule has 116 valence electrons. The van der Waals surface area contributed by atoms with Gasteiger partial charge in [-0.3, -0.25) is 9.59 Å². The summed E-state index contributed by atoms with van der Waals surface area (Å²) in [6.45, 7) is 8.50. The van der Waals surface area contributed by atoms with Crippen molar-refractivity contribution >= 4 is 18.0 Å². The van der Waals surface area contributed by atoms with Crippen LogP contribution in [0.3, 0.4) is 0 Å². The zero-order chi connectivity index (χ0) is 15.9. The van der Waals surface area contributed by atoms with Gasteiger partial charge in [0.05, 0.1) is 7.11 Å². The molecule has 2 amide bonds. The summed E-state index contributed by atoms with van der Waals surface area (Å²) in [5.74, 6) is -1.17. The van der Waals surface area contributed by atoms with E-state index in [0.29, 0.717) is 0 Å². The van der Waals surface area contributed by atoms with Crippen LogP contribution in [0.2, 0.25) is 0 Å². The highest BCUT2D eigenvalue weighted by Gasteiger charge is 2.27. The van der Waals surface area contributed by atoms with Crippen molar-refractivity contribution in [2.24, 2.45) is 5.92 Å². The molecule has 0 spiro atoms. The fourth-order valence-corrected chi connectivity index (χ4v) is 1.31. The van der Waals surface area contributed by atoms with Gasteiger partial charge in [-0.15, -0.1) is 0 Å². The van der Waals surface area contributed by atoms with Gasteiger partial charge in [0.25, 0.3) is 0 Å². The maximum atomic E-state index is 11.9. The zero-order valence-electron chi connectivity index (χ0n) is 12.9. The second kappa shape index (κ2) is 7.72. The van der Waals surface area contributed by atoms with E-state index in [0.717, 1.165) is 0 Å². The highest BCUT2D eigenvalue weighted by Crippen LogP contribution is 2.08. The van der Waals surface area contributed by atoms with Crippen LogP contribution < -0.4 is 10.6 Å². The van der Waals surface area contributed by atoms with Gasteiger partial charge in [-0.2, -0.15) is 0 Å². The number of nitrogens with one attached hydrogen (secondary N) is 2. The Bertz CT molecular complexity index is 360. The molecule has 7 heteroatoms. The fourth-order valence-electron chi connectivity index (χ4n) is 1.31. The minimum absolute atomic E-state index is 0.153. The molecule has 0 aromatic rings. The number of carbonyl (C=O) groups is 3. The zero-order valence-corrected chi connectivity index (χ0v) is 12.9. The summed E-state index contributed by atoms with van der Waals surface area (Å²) in [5.41, 5.74) is -0.645. The number of ether oxygens (including phenoxy) is 2. The molecule has 1 atom stereocenters. The first-order valence-corrected chi connectivity index (χ1v) is 6.41. The molecule has 0 aliphatic rings. The van der Waals surface area contributed by atoms with Gasteiger partial charge in [-0.25, -0.2) is 4.79 Å². The van der Waals surface area contributed by atoms with Crippen LogP contribution in [-0.2, 0) is 19.1 Å². The lowest BCUT2D eigenvalue weighted by Crippen LogP contribution is -2.51. The number of hydrogen-bond acceptors (Lipinski definition) is 5. The third-order valence-corrected chi connectivity index (χ3v) is 2.26. The SMILES string of the molecule is COC(=O)CNC(=O)C(NC(=O)OC(C)(C)C)C(C)C. The molecule has 0 aliphatic heterocycles. The molecule has 0 aliphatic carbocycles. The van der Waals surface area contributed by atoms with Crippen molar-refractivity contribution in [1.29, 1.82) is 0 Å². The molecule has 0 saturated heterocycles. The van der Waals surface area contributed by atoms with Crippen molar-refractivity contribution in [1.82, 2.24) is 10.6 Å². The van der Waals surface area contributed by atoms with Crippen molar-refractivity contribution in [2.45, 2.75) is 46.3 Å². The predicted octanol–water partition coefficient (Wildman–Crippen LogP) is 0.825. The maximum absolute atomic E-state index is 11.9. The third kappa shape index (κ3) is 7.60. The molecule has 2 N–H and O–H groups in total. The molecule has 0 saturated carbocycles. The topological polar surface area (TPSA) is 93.7 Å². The van der Waals surface area contributed by atoms with E-state index in [1.165, 1.54) is 7.11 Å². The standard InChI is InChI=1S/C13H24N2O5/c1-8(2)10(11(17)14-7-9(16)19-6)15-12(18)20-13(3,4)5/h8,10H,7H2,1-6H3,(H,14,17)(H,15,18). The van der Waals surface area contributed by atoms with Crippen LogP contribution in [0.5, 0.6) is 0 Å². The van der Waals surface area contributed by atoms with Crippen molar-refractivity contribution in [2.75, 3.05) is 13.7 Å². The summed E-state index contributed by atoms with van der Waals surface area (Å²) in [6, 6.07) is -0.783. The van der Waals surface area contributed by atoms with Crippen LogP contribution in [0.4, 0.5) is 4.79 Å². The van der Waals surface area contributed by atoms with Gasteiger partial charge in [0.1, 0.15) is 18.2 Å². The Labute approximate surface area is 119 Å². The van der Waals surface area contributed by atoms with Gasteiger partial charge in [-0.05, 0) is 26.7 Å². The molecule has 0 bridgehead atoms. The molecule has 1 unspecified atom stereocenters. The highest BCUT2D eigenvalue weighted by atomic mass is 16.6. The first-order valence-electron chi connectivity index (χ1n) is 6.41. The smallest absolute Gasteiger partial charge is 0.408 e. The number of rotatable bonds is 5. The summed E-state index contributed by atoms with van der Waals surface area (Å²) < 4.78 is 9.52. The van der Waals surface area contributed by atoms with Crippen LogP contribution in [0.15, 0.2) is 0 Å². The quantitative estimate of drug-likeness (QED) is 0.731. The van der Waals surface area contributed by atoms with Gasteiger partial charge in [0.15, 0.2) is 0 Å². The van der Waals surface area contributed by atoms with E-state index < -0.39 is 29.6 Å². The normalized spacial score (nSPS) is 12.6. The summed E-state index contributed by atoms with van der Waals surface area (Å²) in [6.07, 6.45) is -0.676. The number of hydrogen-bond donors (Lipinski definition) is 2. The second-order valence-corrected chi connectivity index (χ2v) is 5.66. The maximum Gasteiger partial charge on any atom is 0.408 e. The minimum Gasteiger partial charge on any atom is -0.468 e. The molecule has 0 aromatic carbocycles. The average molecular weight is 288 g/mol. The van der Waals surface area contributed by atoms with Gasteiger partial charge in [0.2, 0.25) is 5.91 Å². The Morgan fingerprint density at radius 3 is 2.10 bits per heavy atom. The first kappa shape index (κ1) is 18.2. The van der Waals surface area contributed by atoms with Crippen LogP contribution >= 0.6 is 0 Å². The van der Waals surface area contributed by atoms with E-state index in [4.69, 9.17) is 4.74 Å². The van der Waals surface area contributed by atoms with Gasteiger partial charge < -0.3 is 20.1 Å². The number of alkyl carbamates (subject to hydrolysis) is 1. The van der Waals surface area contributed by atoms with Crippen LogP contribution in [0.25, 0.3) is 0 Å². The largest absolute Gasteiger partial charge is 0.468 e. The van der Waals surface area contributed by atoms with Crippen LogP contribution in [-0.4, -0.2) is 43.3 Å². The molecule has 20 heavy (non-hydrogen) atoms. The van der Waals surface area contributed by atoms with Crippen LogP contribution in [0.1, 0.15) is 34.6 Å². The molecule has 0 radical (unpaired) electrons. The second-order valence-electron chi connectivity index (χ2n) is 5.66. The van der Waals surface area contributed by atoms with E-state index in [2.05, 4.69) is 15.4 Å². The lowest BCUT2D eigenvalue weighted by molar-refractivity contribution is -0.141. The summed E-state index contributed by atoms with van der Waals surface area (Å²) in [7, 11) is 1.23. The van der Waals surface area contributed by atoms with Crippen molar-refractivity contribution < 1.29 is 23.9 Å². The average Bonchev–Trinajstić information content (AvgIpc) is 2.29. The Morgan fingerprint density at radius 2 is 1.70 bits per heavy atom. The summed E-state index contributed by atoms with van der Waals surface area (Å²) >= 11 is 0. The van der Waals surface area contributed by atoms with Crippen molar-refractivity contribution in [3.05, 3.63) is 0 Å². The lowest BCUT2D eigenvalue weighted by Gasteiger charge is -2.25. The van der Waals surface area contributed by atoms with Gasteiger partial charge in [0, 0.05) is 0 Å². The van der Waals surface area contributed by atoms with Crippen molar-refractivity contribution in [3.63, 3.8) is 0 Å². The minimum atomic E-state index is -0.783. The van der Waals surface area contributed by atoms with Gasteiger partial charge >= 0.3 is 12.1 Å². The van der Waals surface area contributed by atoms with E-state index in [9.17, 15) is 14.4 Å². The number of carbonyl (C=O) groups excluding carboxylic acids is 3. The summed E-state index contributed by atoms with van der Waals surface area (Å²) in [4.78, 5) is 34.6. The number of amides is 2. The Balaban J connectivity index is 4.53. The van der Waals surface area contributed by atoms with Crippen molar-refractivity contribution in [3.8, 4) is 0 Å². The van der Waals surface area contributed by atoms with E-state index in [-0.39, 0.29) is 12.5 Å².